The summed E-state index contributed by atoms with van der Waals surface area (Å²) in [6, 6.07) is 9.45. The molecule has 7 heteroatoms. The van der Waals surface area contributed by atoms with Crippen LogP contribution in [0.3, 0.4) is 0 Å². The van der Waals surface area contributed by atoms with E-state index in [1.807, 2.05) is 29.6 Å². The van der Waals surface area contributed by atoms with Gasteiger partial charge in [0.05, 0.1) is 18.8 Å². The quantitative estimate of drug-likeness (QED) is 0.845. The summed E-state index contributed by atoms with van der Waals surface area (Å²) in [6.45, 7) is 5.79. The Morgan fingerprint density at radius 2 is 1.85 bits per heavy atom. The summed E-state index contributed by atoms with van der Waals surface area (Å²) >= 11 is 1.44. The zero-order valence-electron chi connectivity index (χ0n) is 14.9. The zero-order valence-corrected chi connectivity index (χ0v) is 15.7. The minimum Gasteiger partial charge on any atom is -0.372 e. The molecule has 2 heterocycles. The minimum atomic E-state index is -0.255. The van der Waals surface area contributed by atoms with Gasteiger partial charge >= 0.3 is 0 Å². The van der Waals surface area contributed by atoms with Crippen LogP contribution in [-0.2, 0) is 9.53 Å². The molecule has 1 fully saturated rings. The summed E-state index contributed by atoms with van der Waals surface area (Å²) < 4.78 is 5.75. The molecular formula is C19H23N3O3S. The maximum Gasteiger partial charge on any atom is 0.252 e. The van der Waals surface area contributed by atoms with Gasteiger partial charge in [-0.25, -0.2) is 0 Å². The number of carbonyl (C=O) groups excluding carboxylic acids is 2. The van der Waals surface area contributed by atoms with Crippen molar-refractivity contribution in [3.8, 4) is 0 Å². The van der Waals surface area contributed by atoms with E-state index in [1.165, 1.54) is 11.3 Å². The van der Waals surface area contributed by atoms with Crippen LogP contribution in [0, 0.1) is 0 Å². The summed E-state index contributed by atoms with van der Waals surface area (Å²) in [7, 11) is 0. The molecule has 26 heavy (non-hydrogen) atoms. The van der Waals surface area contributed by atoms with E-state index in [-0.39, 0.29) is 30.6 Å². The van der Waals surface area contributed by atoms with Crippen LogP contribution in [0.25, 0.3) is 0 Å². The number of amides is 2. The van der Waals surface area contributed by atoms with Crippen LogP contribution in [0.5, 0.6) is 0 Å². The molecule has 0 radical (unpaired) electrons. The van der Waals surface area contributed by atoms with Gasteiger partial charge < -0.3 is 20.3 Å². The van der Waals surface area contributed by atoms with Gasteiger partial charge in [0.2, 0.25) is 5.91 Å². The van der Waals surface area contributed by atoms with Crippen molar-refractivity contribution in [3.63, 3.8) is 0 Å². The summed E-state index contributed by atoms with van der Waals surface area (Å²) in [4.78, 5) is 26.1. The molecule has 0 aliphatic carbocycles. The van der Waals surface area contributed by atoms with E-state index in [9.17, 15) is 9.59 Å². The monoisotopic (exact) mass is 373 g/mol. The summed E-state index contributed by atoms with van der Waals surface area (Å²) in [6.07, 6.45) is 0.398. The lowest BCUT2D eigenvalue weighted by molar-refractivity contribution is -0.115. The first-order valence-corrected chi connectivity index (χ1v) is 9.56. The van der Waals surface area contributed by atoms with Crippen LogP contribution in [0.2, 0.25) is 0 Å². The van der Waals surface area contributed by atoms with E-state index >= 15 is 0 Å². The Morgan fingerprint density at radius 1 is 1.15 bits per heavy atom. The number of hydrogen-bond acceptors (Lipinski definition) is 5. The number of benzene rings is 1. The van der Waals surface area contributed by atoms with Gasteiger partial charge in [0.25, 0.3) is 5.91 Å². The van der Waals surface area contributed by atoms with Gasteiger partial charge in [-0.3, -0.25) is 9.59 Å². The molecule has 2 aromatic rings. The van der Waals surface area contributed by atoms with Crippen molar-refractivity contribution >= 4 is 34.5 Å². The van der Waals surface area contributed by atoms with Crippen LogP contribution in [-0.4, -0.2) is 43.7 Å². The number of anilines is 2. The van der Waals surface area contributed by atoms with E-state index in [0.717, 1.165) is 18.8 Å². The molecule has 0 bridgehead atoms. The molecule has 1 aliphatic heterocycles. The van der Waals surface area contributed by atoms with Crippen molar-refractivity contribution in [2.24, 2.45) is 0 Å². The van der Waals surface area contributed by atoms with E-state index in [0.29, 0.717) is 11.3 Å². The highest BCUT2D eigenvalue weighted by Gasteiger charge is 2.22. The Labute approximate surface area is 157 Å². The van der Waals surface area contributed by atoms with Crippen molar-refractivity contribution < 1.29 is 14.3 Å². The summed E-state index contributed by atoms with van der Waals surface area (Å²) in [5.41, 5.74) is 2.38. The number of morpholine rings is 1. The number of hydrogen-bond donors (Lipinski definition) is 2. The fraction of sp³-hybridized carbons (Fsp3) is 0.368. The molecule has 1 aromatic heterocycles. The highest BCUT2D eigenvalue weighted by Crippen LogP contribution is 2.22. The standard InChI is InChI=1S/C19H23N3O3S/c1-13-10-22(11-14(2)25-13)17-5-3-16(4-6-17)21-18(23)9-20-19(24)15-7-8-26-12-15/h3-8,12-14H,9-11H2,1-2H3,(H,20,24)(H,21,23). The lowest BCUT2D eigenvalue weighted by Gasteiger charge is -2.36. The van der Waals surface area contributed by atoms with E-state index < -0.39 is 0 Å². The second kappa shape index (κ2) is 8.33. The molecule has 0 saturated carbocycles. The Balaban J connectivity index is 1.50. The normalized spacial score (nSPS) is 19.8. The predicted octanol–water partition coefficient (Wildman–Crippen LogP) is 2.73. The number of rotatable bonds is 5. The van der Waals surface area contributed by atoms with Gasteiger partial charge in [0, 0.05) is 35.4 Å². The van der Waals surface area contributed by atoms with Gasteiger partial charge in [-0.2, -0.15) is 11.3 Å². The largest absolute Gasteiger partial charge is 0.372 e. The van der Waals surface area contributed by atoms with Crippen molar-refractivity contribution in [1.29, 1.82) is 0 Å². The molecule has 2 unspecified atom stereocenters. The van der Waals surface area contributed by atoms with Crippen LogP contribution >= 0.6 is 11.3 Å². The average molecular weight is 373 g/mol. The number of thiophene rings is 1. The van der Waals surface area contributed by atoms with Crippen molar-refractivity contribution in [2.75, 3.05) is 29.9 Å². The lowest BCUT2D eigenvalue weighted by Crippen LogP contribution is -2.45. The smallest absolute Gasteiger partial charge is 0.252 e. The molecule has 2 N–H and O–H groups in total. The van der Waals surface area contributed by atoms with Crippen LogP contribution in [0.1, 0.15) is 24.2 Å². The molecule has 2 amide bonds. The second-order valence-electron chi connectivity index (χ2n) is 6.45. The maximum absolute atomic E-state index is 12.0. The minimum absolute atomic E-state index is 0.0606. The van der Waals surface area contributed by atoms with Crippen LogP contribution in [0.4, 0.5) is 11.4 Å². The third-order valence-corrected chi connectivity index (χ3v) is 4.81. The van der Waals surface area contributed by atoms with Gasteiger partial charge in [-0.05, 0) is 49.6 Å². The first-order chi connectivity index (χ1) is 12.5. The number of nitrogens with one attached hydrogen (secondary N) is 2. The maximum atomic E-state index is 12.0. The average Bonchev–Trinajstić information content (AvgIpc) is 3.14. The first-order valence-electron chi connectivity index (χ1n) is 8.62. The number of nitrogens with zero attached hydrogens (tertiary/aromatic N) is 1. The van der Waals surface area contributed by atoms with Gasteiger partial charge in [0.15, 0.2) is 0 Å². The van der Waals surface area contributed by atoms with E-state index in [1.54, 1.807) is 11.4 Å². The number of carbonyl (C=O) groups is 2. The highest BCUT2D eigenvalue weighted by molar-refractivity contribution is 7.08. The highest BCUT2D eigenvalue weighted by atomic mass is 32.1. The van der Waals surface area contributed by atoms with Crippen molar-refractivity contribution in [1.82, 2.24) is 5.32 Å². The van der Waals surface area contributed by atoms with Gasteiger partial charge in [-0.15, -0.1) is 0 Å². The Morgan fingerprint density at radius 3 is 2.46 bits per heavy atom. The van der Waals surface area contributed by atoms with Crippen molar-refractivity contribution in [3.05, 3.63) is 46.7 Å². The van der Waals surface area contributed by atoms with Crippen LogP contribution in [0.15, 0.2) is 41.1 Å². The van der Waals surface area contributed by atoms with E-state index in [4.69, 9.17) is 4.74 Å². The molecule has 1 aliphatic rings. The SMILES string of the molecule is CC1CN(c2ccc(NC(=O)CNC(=O)c3ccsc3)cc2)CC(C)O1. The Kier molecular flexibility index (Phi) is 5.90. The topological polar surface area (TPSA) is 70.7 Å². The fourth-order valence-electron chi connectivity index (χ4n) is 3.01. The molecule has 6 nitrogen and oxygen atoms in total. The molecule has 2 atom stereocenters. The Hall–Kier alpha value is -2.38. The van der Waals surface area contributed by atoms with E-state index in [2.05, 4.69) is 29.4 Å². The third kappa shape index (κ3) is 4.83. The van der Waals surface area contributed by atoms with Gasteiger partial charge in [-0.1, -0.05) is 0 Å². The predicted molar refractivity (Wildman–Crippen MR) is 104 cm³/mol. The number of ether oxygens (including phenoxy) is 1. The zero-order chi connectivity index (χ0) is 18.5. The molecular weight excluding hydrogens is 350 g/mol. The van der Waals surface area contributed by atoms with Gasteiger partial charge in [0.1, 0.15) is 0 Å². The second-order valence-corrected chi connectivity index (χ2v) is 7.23. The molecule has 138 valence electrons. The van der Waals surface area contributed by atoms with Crippen molar-refractivity contribution in [2.45, 2.75) is 26.1 Å². The fourth-order valence-corrected chi connectivity index (χ4v) is 3.64. The molecule has 3 rings (SSSR count). The Bertz CT molecular complexity index is 736. The molecule has 1 aromatic carbocycles. The third-order valence-electron chi connectivity index (χ3n) is 4.13. The van der Waals surface area contributed by atoms with Crippen LogP contribution < -0.4 is 15.5 Å². The molecule has 1 saturated heterocycles. The first kappa shape index (κ1) is 18.4. The summed E-state index contributed by atoms with van der Waals surface area (Å²) in [5, 5.41) is 8.98. The lowest BCUT2D eigenvalue weighted by atomic mass is 10.2. The summed E-state index contributed by atoms with van der Waals surface area (Å²) in [5.74, 6) is -0.498. The molecule has 0 spiro atoms.